The maximum Gasteiger partial charge on any atom is 0.143 e. The smallest absolute Gasteiger partial charge is 0.143 e. The molecule has 1 aliphatic rings. The molecule has 0 saturated heterocycles. The van der Waals surface area contributed by atoms with Gasteiger partial charge in [0.1, 0.15) is 12.1 Å². The minimum absolute atomic E-state index is 0.0668. The second-order valence-corrected chi connectivity index (χ2v) is 5.35. The van der Waals surface area contributed by atoms with E-state index in [0.717, 1.165) is 29.7 Å². The van der Waals surface area contributed by atoms with Gasteiger partial charge >= 0.3 is 0 Å². The van der Waals surface area contributed by atoms with Crippen molar-refractivity contribution >= 4 is 21.7 Å². The van der Waals surface area contributed by atoms with Gasteiger partial charge in [0.15, 0.2) is 0 Å². The number of hydrogen-bond donors (Lipinski definition) is 2. The van der Waals surface area contributed by atoms with E-state index in [0.29, 0.717) is 0 Å². The maximum atomic E-state index is 6.34. The zero-order valence-corrected chi connectivity index (χ0v) is 10.8. The fourth-order valence-electron chi connectivity index (χ4n) is 2.14. The van der Waals surface area contributed by atoms with Crippen molar-refractivity contribution in [1.29, 1.82) is 0 Å². The highest BCUT2D eigenvalue weighted by atomic mass is 79.9. The van der Waals surface area contributed by atoms with Gasteiger partial charge in [-0.15, -0.1) is 0 Å². The fraction of sp³-hybridized carbons (Fsp3) is 0.636. The quantitative estimate of drug-likeness (QED) is 0.894. The summed E-state index contributed by atoms with van der Waals surface area (Å²) in [5, 5.41) is 3.30. The number of aromatic nitrogens is 2. The van der Waals surface area contributed by atoms with Gasteiger partial charge in [0, 0.05) is 18.3 Å². The molecule has 2 rings (SSSR count). The Labute approximate surface area is 104 Å². The highest BCUT2D eigenvalue weighted by molar-refractivity contribution is 9.10. The molecule has 1 heterocycles. The van der Waals surface area contributed by atoms with Crippen LogP contribution in [-0.2, 0) is 0 Å². The Kier molecular flexibility index (Phi) is 3.76. The number of nitrogens with two attached hydrogens (primary N) is 1. The third-order valence-corrected chi connectivity index (χ3v) is 3.71. The van der Waals surface area contributed by atoms with E-state index in [2.05, 4.69) is 31.2 Å². The van der Waals surface area contributed by atoms with Gasteiger partial charge in [0.2, 0.25) is 0 Å². The average molecular weight is 285 g/mol. The molecule has 0 aromatic carbocycles. The molecule has 1 aromatic heterocycles. The summed E-state index contributed by atoms with van der Waals surface area (Å²) in [7, 11) is 0. The Hall–Kier alpha value is -0.680. The van der Waals surface area contributed by atoms with E-state index in [-0.39, 0.29) is 5.54 Å². The van der Waals surface area contributed by atoms with Crippen LogP contribution in [0.25, 0.3) is 0 Å². The molecule has 4 nitrogen and oxygen atoms in total. The summed E-state index contributed by atoms with van der Waals surface area (Å²) in [4.78, 5) is 8.10. The van der Waals surface area contributed by atoms with E-state index in [1.165, 1.54) is 25.6 Å². The van der Waals surface area contributed by atoms with E-state index in [4.69, 9.17) is 5.73 Å². The number of nitrogens with one attached hydrogen (secondary N) is 1. The molecule has 88 valence electrons. The minimum atomic E-state index is -0.0668. The van der Waals surface area contributed by atoms with E-state index < -0.39 is 0 Å². The molecular weight excluding hydrogens is 268 g/mol. The molecule has 16 heavy (non-hydrogen) atoms. The second-order valence-electron chi connectivity index (χ2n) is 4.50. The van der Waals surface area contributed by atoms with Gasteiger partial charge in [-0.05, 0) is 28.8 Å². The van der Waals surface area contributed by atoms with Crippen LogP contribution in [0.15, 0.2) is 17.0 Å². The summed E-state index contributed by atoms with van der Waals surface area (Å²) in [6.07, 6.45) is 9.27. The van der Waals surface area contributed by atoms with Gasteiger partial charge in [0.25, 0.3) is 0 Å². The number of rotatable bonds is 3. The molecule has 0 amide bonds. The first-order valence-corrected chi connectivity index (χ1v) is 6.47. The molecule has 0 spiro atoms. The predicted octanol–water partition coefficient (Wildman–Crippen LogP) is 2.31. The summed E-state index contributed by atoms with van der Waals surface area (Å²) in [5.74, 6) is 0.824. The normalized spacial score (nSPS) is 19.4. The Bertz CT molecular complexity index is 350. The van der Waals surface area contributed by atoms with Gasteiger partial charge in [0.05, 0.1) is 4.47 Å². The highest BCUT2D eigenvalue weighted by Crippen LogP contribution is 2.26. The van der Waals surface area contributed by atoms with Crippen molar-refractivity contribution in [2.45, 2.75) is 37.6 Å². The molecule has 0 radical (unpaired) electrons. The monoisotopic (exact) mass is 284 g/mol. The van der Waals surface area contributed by atoms with Crippen LogP contribution in [-0.4, -0.2) is 22.1 Å². The fourth-order valence-corrected chi connectivity index (χ4v) is 2.50. The van der Waals surface area contributed by atoms with E-state index in [9.17, 15) is 0 Å². The number of anilines is 1. The van der Waals surface area contributed by atoms with Gasteiger partial charge in [-0.3, -0.25) is 0 Å². The Morgan fingerprint density at radius 1 is 1.38 bits per heavy atom. The predicted molar refractivity (Wildman–Crippen MR) is 68.2 cm³/mol. The van der Waals surface area contributed by atoms with Crippen LogP contribution in [0.4, 0.5) is 5.82 Å². The standard InChI is InChI=1S/C11H17BrN4/c12-9-6-14-8-16-10(9)15-7-11(13)4-2-1-3-5-11/h6,8H,1-5,7,13H2,(H,14,15,16). The second kappa shape index (κ2) is 5.10. The van der Waals surface area contributed by atoms with Crippen molar-refractivity contribution in [3.8, 4) is 0 Å². The largest absolute Gasteiger partial charge is 0.367 e. The Morgan fingerprint density at radius 2 is 2.12 bits per heavy atom. The molecule has 1 aliphatic carbocycles. The third-order valence-electron chi connectivity index (χ3n) is 3.12. The van der Waals surface area contributed by atoms with Crippen LogP contribution >= 0.6 is 15.9 Å². The Morgan fingerprint density at radius 3 is 2.81 bits per heavy atom. The van der Waals surface area contributed by atoms with E-state index in [1.54, 1.807) is 6.20 Å². The summed E-state index contributed by atoms with van der Waals surface area (Å²) in [6.45, 7) is 0.780. The highest BCUT2D eigenvalue weighted by Gasteiger charge is 2.27. The molecule has 5 heteroatoms. The van der Waals surface area contributed by atoms with Crippen LogP contribution in [0, 0.1) is 0 Å². The van der Waals surface area contributed by atoms with Crippen molar-refractivity contribution < 1.29 is 0 Å². The minimum Gasteiger partial charge on any atom is -0.367 e. The first-order valence-electron chi connectivity index (χ1n) is 5.68. The number of halogens is 1. The number of nitrogens with zero attached hydrogens (tertiary/aromatic N) is 2. The van der Waals surface area contributed by atoms with E-state index in [1.807, 2.05) is 0 Å². The van der Waals surface area contributed by atoms with Crippen molar-refractivity contribution in [2.75, 3.05) is 11.9 Å². The zero-order chi connectivity index (χ0) is 11.4. The lowest BCUT2D eigenvalue weighted by atomic mass is 9.82. The van der Waals surface area contributed by atoms with Gasteiger partial charge < -0.3 is 11.1 Å². The molecule has 0 aliphatic heterocycles. The van der Waals surface area contributed by atoms with Crippen LogP contribution < -0.4 is 11.1 Å². The Balaban J connectivity index is 1.94. The lowest BCUT2D eigenvalue weighted by Gasteiger charge is -2.33. The molecule has 1 fully saturated rings. The van der Waals surface area contributed by atoms with Crippen LogP contribution in [0.2, 0.25) is 0 Å². The summed E-state index contributed by atoms with van der Waals surface area (Å²) in [5.41, 5.74) is 6.27. The van der Waals surface area contributed by atoms with Crippen LogP contribution in [0.3, 0.4) is 0 Å². The van der Waals surface area contributed by atoms with Gasteiger partial charge in [-0.1, -0.05) is 19.3 Å². The molecule has 0 bridgehead atoms. The molecular formula is C11H17BrN4. The molecule has 1 aromatic rings. The van der Waals surface area contributed by atoms with Gasteiger partial charge in [-0.2, -0.15) is 0 Å². The number of hydrogen-bond acceptors (Lipinski definition) is 4. The maximum absolute atomic E-state index is 6.34. The van der Waals surface area contributed by atoms with E-state index >= 15 is 0 Å². The van der Waals surface area contributed by atoms with Crippen molar-refractivity contribution in [1.82, 2.24) is 9.97 Å². The lowest BCUT2D eigenvalue weighted by Crippen LogP contribution is -2.47. The molecule has 0 unspecified atom stereocenters. The first kappa shape index (κ1) is 11.8. The van der Waals surface area contributed by atoms with Crippen molar-refractivity contribution in [3.05, 3.63) is 17.0 Å². The summed E-state index contributed by atoms with van der Waals surface area (Å²) < 4.78 is 0.884. The molecule has 0 atom stereocenters. The van der Waals surface area contributed by atoms with Crippen molar-refractivity contribution in [3.63, 3.8) is 0 Å². The van der Waals surface area contributed by atoms with Crippen LogP contribution in [0.1, 0.15) is 32.1 Å². The first-order chi connectivity index (χ1) is 7.70. The van der Waals surface area contributed by atoms with Crippen molar-refractivity contribution in [2.24, 2.45) is 5.73 Å². The molecule has 3 N–H and O–H groups in total. The van der Waals surface area contributed by atoms with Gasteiger partial charge in [-0.25, -0.2) is 9.97 Å². The zero-order valence-electron chi connectivity index (χ0n) is 9.25. The third kappa shape index (κ3) is 2.92. The lowest BCUT2D eigenvalue weighted by molar-refractivity contribution is 0.311. The topological polar surface area (TPSA) is 63.8 Å². The summed E-state index contributed by atoms with van der Waals surface area (Å²) >= 11 is 3.41. The van der Waals surface area contributed by atoms with Crippen LogP contribution in [0.5, 0.6) is 0 Å². The average Bonchev–Trinajstić information content (AvgIpc) is 2.29. The molecule has 1 saturated carbocycles. The summed E-state index contributed by atoms with van der Waals surface area (Å²) in [6, 6.07) is 0. The SMILES string of the molecule is NC1(CNc2ncncc2Br)CCCCC1.